The molecule has 0 saturated heterocycles. The summed E-state index contributed by atoms with van der Waals surface area (Å²) in [6, 6.07) is 0. The SMILES string of the molecule is CC(C)CCCC(C)C1CCC2C3=CC=C4C(C)(CCC(O)C4(C)C)C3=CCC21C. The molecule has 0 amide bonds. The van der Waals surface area contributed by atoms with E-state index in [4.69, 9.17) is 0 Å². The van der Waals surface area contributed by atoms with Gasteiger partial charge in [0.15, 0.2) is 0 Å². The third-order valence-corrected chi connectivity index (χ3v) is 10.0. The van der Waals surface area contributed by atoms with Crippen LogP contribution in [-0.2, 0) is 0 Å². The Morgan fingerprint density at radius 1 is 1.00 bits per heavy atom. The van der Waals surface area contributed by atoms with Crippen molar-refractivity contribution in [1.29, 1.82) is 0 Å². The molecule has 0 bridgehead atoms. The molecule has 6 atom stereocenters. The van der Waals surface area contributed by atoms with Gasteiger partial charge < -0.3 is 5.11 Å². The molecular weight excluding hydrogens is 364 g/mol. The number of aliphatic hydroxyl groups is 1. The molecule has 0 spiro atoms. The molecule has 6 unspecified atom stereocenters. The number of rotatable bonds is 5. The van der Waals surface area contributed by atoms with Gasteiger partial charge in [-0.2, -0.15) is 0 Å². The quantitative estimate of drug-likeness (QED) is 0.489. The molecular formula is C29H46O. The Balaban J connectivity index is 1.62. The minimum absolute atomic E-state index is 0.120. The monoisotopic (exact) mass is 410 g/mol. The van der Waals surface area contributed by atoms with Gasteiger partial charge in [0.25, 0.3) is 0 Å². The minimum atomic E-state index is -0.219. The summed E-state index contributed by atoms with van der Waals surface area (Å²) in [5.41, 5.74) is 5.16. The Bertz CT molecular complexity index is 765. The molecule has 4 aliphatic carbocycles. The van der Waals surface area contributed by atoms with Crippen molar-refractivity contribution in [2.45, 2.75) is 106 Å². The van der Waals surface area contributed by atoms with Crippen LogP contribution in [0.4, 0.5) is 0 Å². The molecule has 1 nitrogen and oxygen atoms in total. The lowest BCUT2D eigenvalue weighted by molar-refractivity contribution is 0.0200. The fraction of sp³-hybridized carbons (Fsp3) is 0.793. The van der Waals surface area contributed by atoms with Crippen LogP contribution in [0.15, 0.2) is 34.9 Å². The highest BCUT2D eigenvalue weighted by atomic mass is 16.3. The van der Waals surface area contributed by atoms with E-state index in [0.717, 1.165) is 36.5 Å². The number of hydrogen-bond acceptors (Lipinski definition) is 1. The third-order valence-electron chi connectivity index (χ3n) is 10.0. The highest BCUT2D eigenvalue weighted by Gasteiger charge is 2.56. The first-order chi connectivity index (χ1) is 14.0. The van der Waals surface area contributed by atoms with Crippen molar-refractivity contribution in [3.05, 3.63) is 34.9 Å². The molecule has 0 aromatic heterocycles. The zero-order valence-electron chi connectivity index (χ0n) is 20.7. The Morgan fingerprint density at radius 3 is 2.43 bits per heavy atom. The van der Waals surface area contributed by atoms with E-state index >= 15 is 0 Å². The van der Waals surface area contributed by atoms with Crippen molar-refractivity contribution < 1.29 is 5.11 Å². The first-order valence-corrected chi connectivity index (χ1v) is 12.8. The molecule has 4 rings (SSSR count). The van der Waals surface area contributed by atoms with Crippen molar-refractivity contribution in [2.75, 3.05) is 0 Å². The minimum Gasteiger partial charge on any atom is -0.392 e. The van der Waals surface area contributed by atoms with E-state index in [1.54, 1.807) is 11.1 Å². The van der Waals surface area contributed by atoms with Crippen molar-refractivity contribution in [3.8, 4) is 0 Å². The van der Waals surface area contributed by atoms with Gasteiger partial charge >= 0.3 is 0 Å². The Labute approximate surface area is 186 Å². The van der Waals surface area contributed by atoms with Crippen LogP contribution >= 0.6 is 0 Å². The lowest BCUT2D eigenvalue weighted by atomic mass is 9.50. The zero-order valence-corrected chi connectivity index (χ0v) is 20.7. The molecule has 2 saturated carbocycles. The molecule has 0 aromatic carbocycles. The van der Waals surface area contributed by atoms with Gasteiger partial charge in [-0.15, -0.1) is 0 Å². The summed E-state index contributed by atoms with van der Waals surface area (Å²) < 4.78 is 0. The van der Waals surface area contributed by atoms with E-state index in [0.29, 0.717) is 5.41 Å². The topological polar surface area (TPSA) is 20.2 Å². The average molecular weight is 411 g/mol. The zero-order chi connectivity index (χ0) is 21.9. The van der Waals surface area contributed by atoms with Crippen LogP contribution in [0.5, 0.6) is 0 Å². The molecule has 0 heterocycles. The van der Waals surface area contributed by atoms with Crippen molar-refractivity contribution in [1.82, 2.24) is 0 Å². The Hall–Kier alpha value is -0.820. The highest BCUT2D eigenvalue weighted by Crippen LogP contribution is 2.65. The van der Waals surface area contributed by atoms with Gasteiger partial charge in [0.1, 0.15) is 0 Å². The van der Waals surface area contributed by atoms with Crippen molar-refractivity contribution in [2.24, 2.45) is 39.9 Å². The largest absolute Gasteiger partial charge is 0.392 e. The molecule has 0 aliphatic heterocycles. The van der Waals surface area contributed by atoms with Gasteiger partial charge in [-0.25, -0.2) is 0 Å². The van der Waals surface area contributed by atoms with Gasteiger partial charge in [-0.3, -0.25) is 0 Å². The van der Waals surface area contributed by atoms with Gasteiger partial charge in [0.05, 0.1) is 6.10 Å². The van der Waals surface area contributed by atoms with Gasteiger partial charge in [-0.1, -0.05) is 91.5 Å². The summed E-state index contributed by atoms with van der Waals surface area (Å²) >= 11 is 0. The fourth-order valence-corrected chi connectivity index (χ4v) is 8.09. The third kappa shape index (κ3) is 3.30. The maximum atomic E-state index is 10.7. The number of aliphatic hydroxyl groups excluding tert-OH is 1. The Kier molecular flexibility index (Phi) is 5.70. The number of hydrogen-bond donors (Lipinski definition) is 1. The summed E-state index contributed by atoms with van der Waals surface area (Å²) in [5.74, 6) is 3.25. The van der Waals surface area contributed by atoms with Crippen molar-refractivity contribution >= 4 is 0 Å². The first-order valence-electron chi connectivity index (χ1n) is 12.8. The van der Waals surface area contributed by atoms with Gasteiger partial charge in [0.2, 0.25) is 0 Å². The van der Waals surface area contributed by atoms with E-state index in [-0.39, 0.29) is 16.9 Å². The molecule has 1 heteroatoms. The standard InChI is InChI=1S/C29H46O/c1-19(2)9-8-10-20(3)22-12-13-23-21-11-14-25-27(4,5)26(30)16-18-29(25,7)24(21)15-17-28(22,23)6/h11,14-15,19-20,22-23,26,30H,8-10,12-13,16-18H2,1-7H3. The molecule has 0 radical (unpaired) electrons. The lowest BCUT2D eigenvalue weighted by Crippen LogP contribution is -2.47. The van der Waals surface area contributed by atoms with Crippen LogP contribution in [0.25, 0.3) is 0 Å². The first kappa shape index (κ1) is 22.4. The molecule has 30 heavy (non-hydrogen) atoms. The number of allylic oxidation sites excluding steroid dienone is 5. The van der Waals surface area contributed by atoms with E-state index in [1.807, 2.05) is 0 Å². The molecule has 1 N–H and O–H groups in total. The fourth-order valence-electron chi connectivity index (χ4n) is 8.09. The normalized spacial score (nSPS) is 40.7. The Morgan fingerprint density at radius 2 is 1.73 bits per heavy atom. The second-order valence-corrected chi connectivity index (χ2v) is 12.7. The van der Waals surface area contributed by atoms with E-state index < -0.39 is 0 Å². The van der Waals surface area contributed by atoms with Crippen LogP contribution in [0.1, 0.15) is 99.8 Å². The lowest BCUT2D eigenvalue weighted by Gasteiger charge is -2.55. The predicted molar refractivity (Wildman–Crippen MR) is 128 cm³/mol. The molecule has 2 fully saturated rings. The predicted octanol–water partition coefficient (Wildman–Crippen LogP) is 7.87. The smallest absolute Gasteiger partial charge is 0.0629 e. The second-order valence-electron chi connectivity index (χ2n) is 12.7. The molecule has 4 aliphatic rings. The average Bonchev–Trinajstić information content (AvgIpc) is 3.02. The summed E-state index contributed by atoms with van der Waals surface area (Å²) in [6.45, 7) is 16.8. The van der Waals surface area contributed by atoms with Crippen LogP contribution < -0.4 is 0 Å². The second kappa shape index (κ2) is 7.65. The van der Waals surface area contributed by atoms with Gasteiger partial charge in [0, 0.05) is 10.8 Å². The summed E-state index contributed by atoms with van der Waals surface area (Å²) in [4.78, 5) is 0. The molecule has 0 aromatic rings. The van der Waals surface area contributed by atoms with Crippen molar-refractivity contribution in [3.63, 3.8) is 0 Å². The highest BCUT2D eigenvalue weighted by molar-refractivity contribution is 5.55. The van der Waals surface area contributed by atoms with Crippen LogP contribution in [0, 0.1) is 39.9 Å². The van der Waals surface area contributed by atoms with E-state index in [2.05, 4.69) is 66.7 Å². The van der Waals surface area contributed by atoms with Gasteiger partial charge in [-0.05, 0) is 72.3 Å². The van der Waals surface area contributed by atoms with Crippen LogP contribution in [-0.4, -0.2) is 11.2 Å². The molecule has 168 valence electrons. The maximum Gasteiger partial charge on any atom is 0.0629 e. The van der Waals surface area contributed by atoms with E-state index in [1.165, 1.54) is 44.1 Å². The van der Waals surface area contributed by atoms with E-state index in [9.17, 15) is 5.11 Å². The van der Waals surface area contributed by atoms with Crippen LogP contribution in [0.2, 0.25) is 0 Å². The summed E-state index contributed by atoms with van der Waals surface area (Å²) in [7, 11) is 0. The summed E-state index contributed by atoms with van der Waals surface area (Å²) in [6.07, 6.45) is 17.5. The summed E-state index contributed by atoms with van der Waals surface area (Å²) in [5, 5.41) is 10.7. The van der Waals surface area contributed by atoms with Crippen LogP contribution in [0.3, 0.4) is 0 Å². The maximum absolute atomic E-state index is 10.7. The number of fused-ring (bicyclic) bond motifs is 5.